The van der Waals surface area contributed by atoms with Crippen molar-refractivity contribution in [3.63, 3.8) is 0 Å². The highest BCUT2D eigenvalue weighted by Crippen LogP contribution is 2.19. The standard InChI is InChI=1S/C17H19N5O3/c1-10(2)22-14(7-8-18-22)21-15(23)9-13-17(25)19-12-6-4-3-5-11(12)16(24)20-13/h3-8,10,13H,9H2,1-2H3,(H,19,25)(H,20,24)(H,21,23)/t13-/m1/s1. The lowest BCUT2D eigenvalue weighted by molar-refractivity contribution is -0.122. The summed E-state index contributed by atoms with van der Waals surface area (Å²) in [7, 11) is 0. The molecule has 130 valence electrons. The van der Waals surface area contributed by atoms with E-state index in [1.807, 2.05) is 13.8 Å². The highest BCUT2D eigenvalue weighted by atomic mass is 16.2. The molecule has 1 aliphatic rings. The van der Waals surface area contributed by atoms with Crippen LogP contribution in [-0.4, -0.2) is 33.5 Å². The van der Waals surface area contributed by atoms with Gasteiger partial charge in [-0.05, 0) is 26.0 Å². The van der Waals surface area contributed by atoms with E-state index in [0.717, 1.165) is 0 Å². The number of rotatable bonds is 4. The first kappa shape index (κ1) is 16.7. The molecule has 2 heterocycles. The minimum absolute atomic E-state index is 0.0840. The average molecular weight is 341 g/mol. The number of hydrogen-bond acceptors (Lipinski definition) is 4. The van der Waals surface area contributed by atoms with Crippen LogP contribution in [0.1, 0.15) is 36.7 Å². The molecule has 0 saturated carbocycles. The molecule has 0 aliphatic carbocycles. The Balaban J connectivity index is 1.70. The van der Waals surface area contributed by atoms with E-state index < -0.39 is 11.9 Å². The second-order valence-electron chi connectivity index (χ2n) is 6.07. The third-order valence-electron chi connectivity index (χ3n) is 3.87. The molecule has 1 aliphatic heterocycles. The molecule has 1 aromatic heterocycles. The number of amides is 3. The molecule has 8 heteroatoms. The summed E-state index contributed by atoms with van der Waals surface area (Å²) in [6, 6.07) is 7.53. The predicted molar refractivity (Wildman–Crippen MR) is 92.2 cm³/mol. The van der Waals surface area contributed by atoms with Gasteiger partial charge in [-0.15, -0.1) is 0 Å². The topological polar surface area (TPSA) is 105 Å². The second-order valence-corrected chi connectivity index (χ2v) is 6.07. The smallest absolute Gasteiger partial charge is 0.254 e. The van der Waals surface area contributed by atoms with Crippen LogP contribution in [0.5, 0.6) is 0 Å². The first-order chi connectivity index (χ1) is 12.0. The summed E-state index contributed by atoms with van der Waals surface area (Å²) in [5.41, 5.74) is 0.808. The SMILES string of the molecule is CC(C)n1nccc1NC(=O)C[C@H]1NC(=O)c2ccccc2NC1=O. The first-order valence-corrected chi connectivity index (χ1v) is 8.00. The second kappa shape index (κ2) is 6.76. The van der Waals surface area contributed by atoms with Crippen molar-refractivity contribution in [1.82, 2.24) is 15.1 Å². The van der Waals surface area contributed by atoms with Crippen molar-refractivity contribution in [2.45, 2.75) is 32.4 Å². The van der Waals surface area contributed by atoms with Crippen LogP contribution in [0.3, 0.4) is 0 Å². The van der Waals surface area contributed by atoms with Crippen LogP contribution in [-0.2, 0) is 9.59 Å². The first-order valence-electron chi connectivity index (χ1n) is 8.00. The van der Waals surface area contributed by atoms with Crippen molar-refractivity contribution in [3.05, 3.63) is 42.1 Å². The van der Waals surface area contributed by atoms with Gasteiger partial charge in [0.1, 0.15) is 11.9 Å². The van der Waals surface area contributed by atoms with Gasteiger partial charge in [0, 0.05) is 12.1 Å². The minimum atomic E-state index is -0.949. The predicted octanol–water partition coefficient (Wildman–Crippen LogP) is 1.54. The summed E-state index contributed by atoms with van der Waals surface area (Å²) in [5, 5.41) is 12.1. The number of carbonyl (C=O) groups is 3. The minimum Gasteiger partial charge on any atom is -0.340 e. The lowest BCUT2D eigenvalue weighted by atomic mass is 10.1. The van der Waals surface area contributed by atoms with Crippen LogP contribution in [0, 0.1) is 0 Å². The van der Waals surface area contributed by atoms with E-state index in [0.29, 0.717) is 17.1 Å². The largest absolute Gasteiger partial charge is 0.340 e. The van der Waals surface area contributed by atoms with Crippen molar-refractivity contribution < 1.29 is 14.4 Å². The number of anilines is 2. The molecule has 0 bridgehead atoms. The maximum atomic E-state index is 12.3. The highest BCUT2D eigenvalue weighted by molar-refractivity contribution is 6.11. The Morgan fingerprint density at radius 1 is 1.28 bits per heavy atom. The molecule has 0 spiro atoms. The highest BCUT2D eigenvalue weighted by Gasteiger charge is 2.29. The lowest BCUT2D eigenvalue weighted by Crippen LogP contribution is -2.43. The molecule has 3 N–H and O–H groups in total. The summed E-state index contributed by atoms with van der Waals surface area (Å²) >= 11 is 0. The number of aromatic nitrogens is 2. The van der Waals surface area contributed by atoms with E-state index in [1.165, 1.54) is 0 Å². The third kappa shape index (κ3) is 3.52. The van der Waals surface area contributed by atoms with E-state index in [4.69, 9.17) is 0 Å². The van der Waals surface area contributed by atoms with Crippen molar-refractivity contribution in [2.24, 2.45) is 0 Å². The van der Waals surface area contributed by atoms with E-state index in [1.54, 1.807) is 41.2 Å². The molecular formula is C17H19N5O3. The molecule has 0 fully saturated rings. The Morgan fingerprint density at radius 2 is 2.04 bits per heavy atom. The van der Waals surface area contributed by atoms with Crippen LogP contribution in [0.2, 0.25) is 0 Å². The molecule has 8 nitrogen and oxygen atoms in total. The Bertz CT molecular complexity index is 827. The van der Waals surface area contributed by atoms with Crippen molar-refractivity contribution >= 4 is 29.2 Å². The Hall–Kier alpha value is -3.16. The van der Waals surface area contributed by atoms with Crippen molar-refractivity contribution in [1.29, 1.82) is 0 Å². The van der Waals surface area contributed by atoms with E-state index >= 15 is 0 Å². The number of fused-ring (bicyclic) bond motifs is 1. The van der Waals surface area contributed by atoms with Gasteiger partial charge in [0.15, 0.2) is 0 Å². The molecule has 2 aromatic rings. The molecule has 1 atom stereocenters. The number of para-hydroxylation sites is 1. The molecule has 3 amide bonds. The summed E-state index contributed by atoms with van der Waals surface area (Å²) < 4.78 is 1.67. The fourth-order valence-corrected chi connectivity index (χ4v) is 2.66. The zero-order chi connectivity index (χ0) is 18.0. The summed E-state index contributed by atoms with van der Waals surface area (Å²) in [6.45, 7) is 3.89. The number of benzene rings is 1. The normalized spacial score (nSPS) is 16.7. The number of carbonyl (C=O) groups excluding carboxylic acids is 3. The number of nitrogens with one attached hydrogen (secondary N) is 3. The maximum absolute atomic E-state index is 12.3. The molecular weight excluding hydrogens is 322 g/mol. The van der Waals surface area contributed by atoms with Gasteiger partial charge < -0.3 is 16.0 Å². The van der Waals surface area contributed by atoms with Gasteiger partial charge in [-0.3, -0.25) is 14.4 Å². The quantitative estimate of drug-likeness (QED) is 0.784. The van der Waals surface area contributed by atoms with Crippen LogP contribution >= 0.6 is 0 Å². The van der Waals surface area contributed by atoms with Gasteiger partial charge in [0.2, 0.25) is 11.8 Å². The van der Waals surface area contributed by atoms with Gasteiger partial charge in [0.05, 0.1) is 23.9 Å². The van der Waals surface area contributed by atoms with Crippen LogP contribution < -0.4 is 16.0 Å². The number of hydrogen-bond donors (Lipinski definition) is 3. The molecule has 25 heavy (non-hydrogen) atoms. The lowest BCUT2D eigenvalue weighted by Gasteiger charge is -2.15. The summed E-state index contributed by atoms with van der Waals surface area (Å²) in [5.74, 6) is -0.651. The molecule has 0 radical (unpaired) electrons. The van der Waals surface area contributed by atoms with Crippen molar-refractivity contribution in [2.75, 3.05) is 10.6 Å². The maximum Gasteiger partial charge on any atom is 0.254 e. The van der Waals surface area contributed by atoms with Crippen molar-refractivity contribution in [3.8, 4) is 0 Å². The average Bonchev–Trinajstić information content (AvgIpc) is 2.98. The van der Waals surface area contributed by atoms with Crippen LogP contribution in [0.4, 0.5) is 11.5 Å². The fourth-order valence-electron chi connectivity index (χ4n) is 2.66. The zero-order valence-corrected chi connectivity index (χ0v) is 13.9. The third-order valence-corrected chi connectivity index (χ3v) is 3.87. The Labute approximate surface area is 144 Å². The van der Waals surface area contributed by atoms with Crippen LogP contribution in [0.15, 0.2) is 36.5 Å². The van der Waals surface area contributed by atoms with Crippen LogP contribution in [0.25, 0.3) is 0 Å². The Morgan fingerprint density at radius 3 is 2.80 bits per heavy atom. The van der Waals surface area contributed by atoms with Gasteiger partial charge in [-0.25, -0.2) is 4.68 Å². The molecule has 3 rings (SSSR count). The number of nitrogens with zero attached hydrogens (tertiary/aromatic N) is 2. The molecule has 1 aromatic carbocycles. The van der Waals surface area contributed by atoms with Gasteiger partial charge in [0.25, 0.3) is 5.91 Å². The summed E-state index contributed by atoms with van der Waals surface area (Å²) in [4.78, 5) is 36.9. The monoisotopic (exact) mass is 341 g/mol. The van der Waals surface area contributed by atoms with E-state index in [2.05, 4.69) is 21.0 Å². The van der Waals surface area contributed by atoms with Gasteiger partial charge >= 0.3 is 0 Å². The fraction of sp³-hybridized carbons (Fsp3) is 0.294. The zero-order valence-electron chi connectivity index (χ0n) is 13.9. The van der Waals surface area contributed by atoms with Gasteiger partial charge in [-0.1, -0.05) is 12.1 Å². The Kier molecular flexibility index (Phi) is 4.51. The van der Waals surface area contributed by atoms with Gasteiger partial charge in [-0.2, -0.15) is 5.10 Å². The molecule has 0 unspecified atom stereocenters. The molecule has 0 saturated heterocycles. The van der Waals surface area contributed by atoms with E-state index in [-0.39, 0.29) is 24.3 Å². The summed E-state index contributed by atoms with van der Waals surface area (Å²) in [6.07, 6.45) is 1.42. The van der Waals surface area contributed by atoms with E-state index in [9.17, 15) is 14.4 Å².